The summed E-state index contributed by atoms with van der Waals surface area (Å²) in [6.07, 6.45) is 0.808. The molecule has 2 atom stereocenters. The Hall–Kier alpha value is 1.38. The van der Waals surface area contributed by atoms with Gasteiger partial charge in [0.15, 0.2) is 3.42 Å². The Morgan fingerprint density at radius 3 is 2.26 bits per heavy atom. The molecule has 1 aliphatic rings. The summed E-state index contributed by atoms with van der Waals surface area (Å²) < 4.78 is 10.3. The number of rotatable bonds is 4. The first-order chi connectivity index (χ1) is 8.77. The van der Waals surface area contributed by atoms with E-state index in [-0.39, 0.29) is 5.01 Å². The van der Waals surface area contributed by atoms with E-state index in [9.17, 15) is 0 Å². The largest absolute Gasteiger partial charge is 0.465 e. The number of hydrogen-bond acceptors (Lipinski definition) is 2. The Labute approximate surface area is 154 Å². The topological polar surface area (TPSA) is 18.5 Å². The Bertz CT molecular complexity index is 451. The third-order valence-electron chi connectivity index (χ3n) is 3.22. The second kappa shape index (κ2) is 5.88. The highest BCUT2D eigenvalue weighted by Gasteiger charge is 2.73. The first-order valence-electron chi connectivity index (χ1n) is 5.58. The van der Waals surface area contributed by atoms with Crippen molar-refractivity contribution < 1.29 is 9.47 Å². The standard InChI is InChI=1S/C12H11Br5O2/c1-2-10(9(13)19-12(10,16)17)11(14,15)18-8-6-4-3-5-7-8/h3-7,9H,2H2,1H3. The van der Waals surface area contributed by atoms with Crippen molar-refractivity contribution in [3.8, 4) is 5.75 Å². The summed E-state index contributed by atoms with van der Waals surface area (Å²) >= 11 is 18.0. The van der Waals surface area contributed by atoms with Gasteiger partial charge < -0.3 is 9.47 Å². The van der Waals surface area contributed by atoms with Crippen molar-refractivity contribution >= 4 is 79.6 Å². The first kappa shape index (κ1) is 16.7. The number of halogens is 5. The molecule has 0 aromatic heterocycles. The lowest BCUT2D eigenvalue weighted by molar-refractivity contribution is -0.199. The number of benzene rings is 1. The molecule has 19 heavy (non-hydrogen) atoms. The van der Waals surface area contributed by atoms with E-state index in [1.807, 2.05) is 30.3 Å². The van der Waals surface area contributed by atoms with Crippen LogP contribution in [0, 0.1) is 5.41 Å². The monoisotopic (exact) mass is 582 g/mol. The quantitative estimate of drug-likeness (QED) is 0.397. The van der Waals surface area contributed by atoms with Gasteiger partial charge in [-0.05, 0) is 82.3 Å². The predicted molar refractivity (Wildman–Crippen MR) is 94.8 cm³/mol. The SMILES string of the molecule is CCC1(C(Br)(Br)Oc2ccccc2)C(Br)OC1(Br)Br. The maximum Gasteiger partial charge on any atom is 0.231 e. The van der Waals surface area contributed by atoms with E-state index in [1.54, 1.807) is 0 Å². The molecule has 0 radical (unpaired) electrons. The van der Waals surface area contributed by atoms with Gasteiger partial charge in [0.05, 0.1) is 0 Å². The minimum absolute atomic E-state index is 0.161. The van der Waals surface area contributed by atoms with E-state index in [0.29, 0.717) is 0 Å². The molecule has 2 rings (SSSR count). The van der Waals surface area contributed by atoms with Gasteiger partial charge in [0.2, 0.25) is 3.42 Å². The average molecular weight is 587 g/mol. The van der Waals surface area contributed by atoms with Gasteiger partial charge in [-0.15, -0.1) is 0 Å². The van der Waals surface area contributed by atoms with Gasteiger partial charge >= 0.3 is 0 Å². The van der Waals surface area contributed by atoms with Gasteiger partial charge in [0.1, 0.15) is 16.2 Å². The maximum absolute atomic E-state index is 6.07. The molecular formula is C12H11Br5O2. The molecular weight excluding hydrogens is 576 g/mol. The zero-order chi connectivity index (χ0) is 14.3. The van der Waals surface area contributed by atoms with E-state index >= 15 is 0 Å². The molecule has 1 aromatic rings. The highest BCUT2D eigenvalue weighted by Crippen LogP contribution is 2.70. The smallest absolute Gasteiger partial charge is 0.231 e. The lowest BCUT2D eigenvalue weighted by atomic mass is 9.83. The Kier molecular flexibility index (Phi) is 5.18. The zero-order valence-corrected chi connectivity index (χ0v) is 17.8. The number of hydrogen-bond donors (Lipinski definition) is 0. The molecule has 2 nitrogen and oxygen atoms in total. The lowest BCUT2D eigenvalue weighted by Gasteiger charge is -2.60. The summed E-state index contributed by atoms with van der Waals surface area (Å²) in [5.74, 6) is 0.770. The van der Waals surface area contributed by atoms with Crippen molar-refractivity contribution in [3.63, 3.8) is 0 Å². The minimum atomic E-state index is -0.789. The van der Waals surface area contributed by atoms with E-state index < -0.39 is 12.3 Å². The average Bonchev–Trinajstić information content (AvgIpc) is 2.28. The first-order valence-corrected chi connectivity index (χ1v) is 9.67. The molecule has 7 heteroatoms. The van der Waals surface area contributed by atoms with Crippen LogP contribution in [-0.2, 0) is 4.74 Å². The maximum atomic E-state index is 6.07. The van der Waals surface area contributed by atoms with Gasteiger partial charge in [0, 0.05) is 0 Å². The van der Waals surface area contributed by atoms with Crippen LogP contribution in [0.1, 0.15) is 13.3 Å². The normalized spacial score (nSPS) is 29.7. The Morgan fingerprint density at radius 2 is 1.84 bits per heavy atom. The van der Waals surface area contributed by atoms with Gasteiger partial charge in [-0.25, -0.2) is 0 Å². The molecule has 106 valence electrons. The summed E-state index contributed by atoms with van der Waals surface area (Å²) in [7, 11) is 0. The van der Waals surface area contributed by atoms with Crippen LogP contribution < -0.4 is 4.74 Å². The Balaban J connectivity index is 2.32. The summed E-state index contributed by atoms with van der Waals surface area (Å²) in [5, 5.41) is -0.161. The molecule has 0 spiro atoms. The summed E-state index contributed by atoms with van der Waals surface area (Å²) in [5.41, 5.74) is -0.393. The van der Waals surface area contributed by atoms with E-state index in [4.69, 9.17) is 9.47 Å². The molecule has 1 fully saturated rings. The van der Waals surface area contributed by atoms with Crippen LogP contribution in [0.25, 0.3) is 0 Å². The third kappa shape index (κ3) is 2.72. The highest BCUT2D eigenvalue weighted by molar-refractivity contribution is 9.26. The molecule has 0 N–H and O–H groups in total. The van der Waals surface area contributed by atoms with Crippen LogP contribution in [0.3, 0.4) is 0 Å². The number of para-hydroxylation sites is 1. The van der Waals surface area contributed by atoms with Gasteiger partial charge in [-0.3, -0.25) is 0 Å². The molecule has 1 heterocycles. The van der Waals surface area contributed by atoms with Crippen LogP contribution >= 0.6 is 79.6 Å². The molecule has 0 bridgehead atoms. The summed E-state index contributed by atoms with van der Waals surface area (Å²) in [4.78, 5) is 0. The van der Waals surface area contributed by atoms with Crippen molar-refractivity contribution in [2.45, 2.75) is 25.2 Å². The lowest BCUT2D eigenvalue weighted by Crippen LogP contribution is -2.68. The summed E-state index contributed by atoms with van der Waals surface area (Å²) in [6, 6.07) is 9.64. The van der Waals surface area contributed by atoms with Crippen molar-refractivity contribution in [2.75, 3.05) is 0 Å². The molecule has 0 aliphatic carbocycles. The van der Waals surface area contributed by atoms with E-state index in [1.165, 1.54) is 0 Å². The molecule has 2 unspecified atom stereocenters. The molecule has 0 amide bonds. The molecule has 1 aliphatic heterocycles. The molecule has 1 aromatic carbocycles. The van der Waals surface area contributed by atoms with Crippen LogP contribution in [0.2, 0.25) is 0 Å². The van der Waals surface area contributed by atoms with Gasteiger partial charge in [0.25, 0.3) is 0 Å². The van der Waals surface area contributed by atoms with Crippen molar-refractivity contribution in [3.05, 3.63) is 30.3 Å². The van der Waals surface area contributed by atoms with Crippen LogP contribution in [0.4, 0.5) is 0 Å². The Morgan fingerprint density at radius 1 is 1.26 bits per heavy atom. The van der Waals surface area contributed by atoms with Crippen molar-refractivity contribution in [1.29, 1.82) is 0 Å². The third-order valence-corrected chi connectivity index (χ3v) is 7.72. The van der Waals surface area contributed by atoms with E-state index in [0.717, 1.165) is 12.2 Å². The minimum Gasteiger partial charge on any atom is -0.465 e. The van der Waals surface area contributed by atoms with Crippen LogP contribution in [0.5, 0.6) is 5.75 Å². The fraction of sp³-hybridized carbons (Fsp3) is 0.500. The van der Waals surface area contributed by atoms with Crippen molar-refractivity contribution in [2.24, 2.45) is 5.41 Å². The predicted octanol–water partition coefficient (Wildman–Crippen LogP) is 6.10. The highest BCUT2D eigenvalue weighted by atomic mass is 79.9. The second-order valence-electron chi connectivity index (χ2n) is 4.21. The fourth-order valence-electron chi connectivity index (χ4n) is 2.01. The molecule has 1 saturated heterocycles. The van der Waals surface area contributed by atoms with Crippen LogP contribution in [0.15, 0.2) is 30.3 Å². The molecule has 0 saturated carbocycles. The van der Waals surface area contributed by atoms with E-state index in [2.05, 4.69) is 86.6 Å². The number of ether oxygens (including phenoxy) is 2. The number of alkyl halides is 5. The van der Waals surface area contributed by atoms with Crippen molar-refractivity contribution in [1.82, 2.24) is 0 Å². The fourth-order valence-corrected chi connectivity index (χ4v) is 9.87. The van der Waals surface area contributed by atoms with Gasteiger partial charge in [-0.2, -0.15) is 0 Å². The summed E-state index contributed by atoms with van der Waals surface area (Å²) in [6.45, 7) is 2.08. The van der Waals surface area contributed by atoms with Crippen LogP contribution in [-0.4, -0.2) is 11.9 Å². The zero-order valence-electron chi connectivity index (χ0n) is 9.88. The second-order valence-corrected chi connectivity index (χ2v) is 11.6. The van der Waals surface area contributed by atoms with Gasteiger partial charge in [-0.1, -0.05) is 41.1 Å².